The summed E-state index contributed by atoms with van der Waals surface area (Å²) in [4.78, 5) is 33.0. The molecule has 0 aromatic heterocycles. The summed E-state index contributed by atoms with van der Waals surface area (Å²) < 4.78 is 4.99. The molecule has 0 saturated carbocycles. The van der Waals surface area contributed by atoms with E-state index < -0.39 is 18.0 Å². The molecule has 0 aliphatic heterocycles. The van der Waals surface area contributed by atoms with Crippen LogP contribution in [0.1, 0.15) is 103 Å². The summed E-state index contributed by atoms with van der Waals surface area (Å²) in [6.07, 6.45) is 20.2. The number of esters is 1. The van der Waals surface area contributed by atoms with Crippen molar-refractivity contribution in [3.8, 4) is 0 Å². The zero-order valence-corrected chi connectivity index (χ0v) is 18.3. The van der Waals surface area contributed by atoms with Crippen molar-refractivity contribution < 1.29 is 24.2 Å². The molecule has 0 aromatic carbocycles. The Kier molecular flexibility index (Phi) is 20.0. The number of rotatable bonds is 21. The highest BCUT2D eigenvalue weighted by molar-refractivity contribution is 6.66. The van der Waals surface area contributed by atoms with E-state index in [9.17, 15) is 14.4 Å². The molecule has 0 bridgehead atoms. The molecule has 0 heterocycles. The van der Waals surface area contributed by atoms with Crippen LogP contribution in [0.25, 0.3) is 0 Å². The van der Waals surface area contributed by atoms with Crippen LogP contribution in [-0.2, 0) is 19.1 Å². The van der Waals surface area contributed by atoms with Gasteiger partial charge in [0.15, 0.2) is 13.4 Å². The first kappa shape index (κ1) is 27.4. The first-order valence-corrected chi connectivity index (χ1v) is 11.5. The van der Waals surface area contributed by atoms with Crippen molar-refractivity contribution in [1.29, 1.82) is 0 Å². The summed E-state index contributed by atoms with van der Waals surface area (Å²) in [5.74, 6) is -1.64. The fraction of sp³-hybridized carbons (Fsp3) is 0.783. The Morgan fingerprint density at radius 2 is 1.45 bits per heavy atom. The van der Waals surface area contributed by atoms with Crippen LogP contribution in [0.4, 0.5) is 0 Å². The van der Waals surface area contributed by atoms with Gasteiger partial charge in [-0.15, -0.1) is 0 Å². The number of aliphatic carboxylic acids is 1. The maximum Gasteiger partial charge on any atom is 0.344 e. The highest BCUT2D eigenvalue weighted by Gasteiger charge is 2.21. The number of ether oxygens (including phenoxy) is 1. The topological polar surface area (TPSA) is 80.7 Å². The standard InChI is InChI=1S/C23H40BO5/c1-2-3-4-5-6-7-8-9-10-11-12-13-14-15-16-17-22(26)29-21(23(27)28)18-19-24-20-25/h9-10,20-21H,2-8,11-19H2,1H3,(H,27,28)/b10-9+. The van der Waals surface area contributed by atoms with E-state index in [0.29, 0.717) is 12.5 Å². The van der Waals surface area contributed by atoms with E-state index in [4.69, 9.17) is 9.84 Å². The third-order valence-corrected chi connectivity index (χ3v) is 4.88. The van der Waals surface area contributed by atoms with Crippen LogP contribution in [-0.4, -0.2) is 36.6 Å². The van der Waals surface area contributed by atoms with Crippen molar-refractivity contribution in [2.75, 3.05) is 0 Å². The number of carbonyl (C=O) groups is 3. The fourth-order valence-corrected chi connectivity index (χ4v) is 3.11. The third kappa shape index (κ3) is 19.5. The van der Waals surface area contributed by atoms with Gasteiger partial charge >= 0.3 is 11.9 Å². The van der Waals surface area contributed by atoms with Gasteiger partial charge in [-0.2, -0.15) is 0 Å². The number of carboxylic acid groups (broad SMARTS) is 1. The predicted molar refractivity (Wildman–Crippen MR) is 119 cm³/mol. The normalized spacial score (nSPS) is 12.0. The van der Waals surface area contributed by atoms with Gasteiger partial charge in [0.1, 0.15) is 0 Å². The monoisotopic (exact) mass is 407 g/mol. The number of hydrogen-bond acceptors (Lipinski definition) is 4. The van der Waals surface area contributed by atoms with Crippen LogP contribution in [0.15, 0.2) is 12.2 Å². The Labute approximate surface area is 177 Å². The average molecular weight is 407 g/mol. The van der Waals surface area contributed by atoms with E-state index >= 15 is 0 Å². The van der Waals surface area contributed by atoms with Gasteiger partial charge in [0, 0.05) is 6.42 Å². The number of hydrogen-bond donors (Lipinski definition) is 1. The van der Waals surface area contributed by atoms with Gasteiger partial charge in [0.25, 0.3) is 0 Å². The van der Waals surface area contributed by atoms with Crippen LogP contribution in [0.5, 0.6) is 0 Å². The minimum atomic E-state index is -1.16. The second kappa shape index (κ2) is 21.1. The molecule has 0 fully saturated rings. The Morgan fingerprint density at radius 1 is 0.897 bits per heavy atom. The van der Waals surface area contributed by atoms with Crippen LogP contribution >= 0.6 is 0 Å². The molecule has 1 radical (unpaired) electrons. The van der Waals surface area contributed by atoms with E-state index in [0.717, 1.165) is 32.1 Å². The quantitative estimate of drug-likeness (QED) is 0.0865. The highest BCUT2D eigenvalue weighted by Crippen LogP contribution is 2.11. The van der Waals surface area contributed by atoms with Crippen molar-refractivity contribution in [2.24, 2.45) is 0 Å². The number of carbonyl (C=O) groups excluding carboxylic acids is 2. The lowest BCUT2D eigenvalue weighted by Gasteiger charge is -2.13. The summed E-state index contributed by atoms with van der Waals surface area (Å²) in [6.45, 7) is 2.24. The van der Waals surface area contributed by atoms with E-state index in [1.807, 2.05) is 0 Å². The van der Waals surface area contributed by atoms with Crippen molar-refractivity contribution in [3.63, 3.8) is 0 Å². The maximum absolute atomic E-state index is 11.8. The first-order chi connectivity index (χ1) is 14.1. The van der Waals surface area contributed by atoms with Gasteiger partial charge in [0.05, 0.1) is 6.19 Å². The molecule has 6 heteroatoms. The zero-order chi connectivity index (χ0) is 21.6. The summed E-state index contributed by atoms with van der Waals surface area (Å²) in [7, 11) is 1.33. The number of allylic oxidation sites excluding steroid dienone is 2. The highest BCUT2D eigenvalue weighted by atomic mass is 16.6. The minimum Gasteiger partial charge on any atom is -0.479 e. The zero-order valence-electron chi connectivity index (χ0n) is 18.3. The number of unbranched alkanes of at least 4 members (excludes halogenated alkanes) is 11. The van der Waals surface area contributed by atoms with Gasteiger partial charge in [-0.25, -0.2) is 4.79 Å². The Balaban J connectivity index is 3.52. The average Bonchev–Trinajstić information content (AvgIpc) is 2.70. The minimum absolute atomic E-state index is 0.131. The fourth-order valence-electron chi connectivity index (χ4n) is 3.11. The molecule has 1 unspecified atom stereocenters. The van der Waals surface area contributed by atoms with Crippen molar-refractivity contribution in [2.45, 2.75) is 116 Å². The van der Waals surface area contributed by atoms with Crippen LogP contribution in [0.2, 0.25) is 6.32 Å². The van der Waals surface area contributed by atoms with Crippen LogP contribution in [0.3, 0.4) is 0 Å². The van der Waals surface area contributed by atoms with Crippen molar-refractivity contribution in [3.05, 3.63) is 12.2 Å². The molecule has 0 saturated heterocycles. The first-order valence-electron chi connectivity index (χ1n) is 11.5. The molecule has 0 rings (SSSR count). The van der Waals surface area contributed by atoms with Gasteiger partial charge in [-0.1, -0.05) is 76.8 Å². The summed E-state index contributed by atoms with van der Waals surface area (Å²) in [5, 5.41) is 9.04. The molecule has 0 amide bonds. The van der Waals surface area contributed by atoms with E-state index in [1.54, 1.807) is 0 Å². The maximum atomic E-state index is 11.8. The van der Waals surface area contributed by atoms with E-state index in [1.165, 1.54) is 58.6 Å². The number of carboxylic acids is 1. The Bertz CT molecular complexity index is 451. The van der Waals surface area contributed by atoms with Crippen molar-refractivity contribution >= 4 is 25.4 Å². The van der Waals surface area contributed by atoms with Crippen molar-refractivity contribution in [1.82, 2.24) is 0 Å². The third-order valence-electron chi connectivity index (χ3n) is 4.88. The molecule has 165 valence electrons. The van der Waals surface area contributed by atoms with E-state index in [-0.39, 0.29) is 12.8 Å². The Hall–Kier alpha value is -1.59. The summed E-state index contributed by atoms with van der Waals surface area (Å²) >= 11 is 0. The second-order valence-electron chi connectivity index (χ2n) is 7.60. The lowest BCUT2D eigenvalue weighted by molar-refractivity contribution is -0.164. The molecule has 0 aliphatic rings. The largest absolute Gasteiger partial charge is 0.479 e. The molecule has 0 aromatic rings. The van der Waals surface area contributed by atoms with Gasteiger partial charge in [-0.05, 0) is 38.5 Å². The van der Waals surface area contributed by atoms with Gasteiger partial charge < -0.3 is 14.6 Å². The molecule has 0 aliphatic carbocycles. The second-order valence-corrected chi connectivity index (χ2v) is 7.60. The lowest BCUT2D eigenvalue weighted by atomic mass is 9.75. The molecule has 29 heavy (non-hydrogen) atoms. The van der Waals surface area contributed by atoms with Gasteiger partial charge in [-0.3, -0.25) is 4.79 Å². The smallest absolute Gasteiger partial charge is 0.344 e. The Morgan fingerprint density at radius 3 is 2.00 bits per heavy atom. The van der Waals surface area contributed by atoms with Crippen LogP contribution in [0, 0.1) is 0 Å². The molecule has 5 nitrogen and oxygen atoms in total. The molecule has 1 atom stereocenters. The molecule has 1 N–H and O–H groups in total. The van der Waals surface area contributed by atoms with Crippen LogP contribution < -0.4 is 0 Å². The molecular weight excluding hydrogens is 367 g/mol. The SMILES string of the molecule is CCCCCCCC/C=C/CCCCCCCC(=O)OC(CC[B]C=O)C(=O)O. The summed E-state index contributed by atoms with van der Waals surface area (Å²) in [5.41, 5.74) is 0. The molecule has 0 spiro atoms. The molecular formula is C23H40BO5. The van der Waals surface area contributed by atoms with E-state index in [2.05, 4.69) is 19.1 Å². The predicted octanol–water partition coefficient (Wildman–Crippen LogP) is 5.72. The van der Waals surface area contributed by atoms with Gasteiger partial charge in [0.2, 0.25) is 0 Å². The summed E-state index contributed by atoms with van der Waals surface area (Å²) in [6, 6.07) is 0. The lowest BCUT2D eigenvalue weighted by Crippen LogP contribution is -2.27.